The predicted octanol–water partition coefficient (Wildman–Crippen LogP) is 3.18. The highest BCUT2D eigenvalue weighted by Crippen LogP contribution is 2.20. The SMILES string of the molecule is CC(=O)Nc1ccc(NC(=O)Cc2nc(-c3ccccc3C)no2)cc1. The Labute approximate surface area is 150 Å². The zero-order valence-corrected chi connectivity index (χ0v) is 14.4. The van der Waals surface area contributed by atoms with Crippen LogP contribution in [0.5, 0.6) is 0 Å². The van der Waals surface area contributed by atoms with Gasteiger partial charge >= 0.3 is 0 Å². The fourth-order valence-corrected chi connectivity index (χ4v) is 2.44. The maximum absolute atomic E-state index is 12.1. The van der Waals surface area contributed by atoms with Crippen molar-refractivity contribution in [2.75, 3.05) is 10.6 Å². The number of hydrogen-bond acceptors (Lipinski definition) is 5. The van der Waals surface area contributed by atoms with Gasteiger partial charge in [-0.2, -0.15) is 4.98 Å². The van der Waals surface area contributed by atoms with Gasteiger partial charge in [-0.15, -0.1) is 0 Å². The molecule has 0 radical (unpaired) electrons. The Morgan fingerprint density at radius 3 is 2.31 bits per heavy atom. The van der Waals surface area contributed by atoms with Gasteiger partial charge in [0.15, 0.2) is 0 Å². The van der Waals surface area contributed by atoms with Gasteiger partial charge in [-0.1, -0.05) is 29.4 Å². The molecule has 1 aromatic heterocycles. The van der Waals surface area contributed by atoms with Gasteiger partial charge in [0.1, 0.15) is 6.42 Å². The van der Waals surface area contributed by atoms with Gasteiger partial charge in [0.2, 0.25) is 23.5 Å². The third-order valence-electron chi connectivity index (χ3n) is 3.65. The van der Waals surface area contributed by atoms with Crippen molar-refractivity contribution in [3.05, 3.63) is 60.0 Å². The summed E-state index contributed by atoms with van der Waals surface area (Å²) in [4.78, 5) is 27.4. The number of carbonyl (C=O) groups excluding carboxylic acids is 2. The van der Waals surface area contributed by atoms with Gasteiger partial charge in [-0.3, -0.25) is 9.59 Å². The van der Waals surface area contributed by atoms with Gasteiger partial charge in [0.25, 0.3) is 0 Å². The van der Waals surface area contributed by atoms with E-state index in [0.717, 1.165) is 11.1 Å². The summed E-state index contributed by atoms with van der Waals surface area (Å²) in [5.41, 5.74) is 3.18. The zero-order chi connectivity index (χ0) is 18.5. The molecule has 2 amide bonds. The van der Waals surface area contributed by atoms with Crippen LogP contribution in [0.2, 0.25) is 0 Å². The molecule has 3 rings (SSSR count). The van der Waals surface area contributed by atoms with Gasteiger partial charge in [-0.25, -0.2) is 0 Å². The highest BCUT2D eigenvalue weighted by atomic mass is 16.5. The summed E-state index contributed by atoms with van der Waals surface area (Å²) in [5.74, 6) is 0.293. The lowest BCUT2D eigenvalue weighted by Gasteiger charge is -2.05. The molecule has 2 N–H and O–H groups in total. The molecule has 0 aliphatic carbocycles. The number of aryl methyl sites for hydroxylation is 1. The van der Waals surface area contributed by atoms with Crippen molar-refractivity contribution in [2.45, 2.75) is 20.3 Å². The second-order valence-electron chi connectivity index (χ2n) is 5.81. The van der Waals surface area contributed by atoms with E-state index in [1.54, 1.807) is 24.3 Å². The van der Waals surface area contributed by atoms with Crippen LogP contribution in [0.1, 0.15) is 18.4 Å². The number of aromatic nitrogens is 2. The summed E-state index contributed by atoms with van der Waals surface area (Å²) in [6.45, 7) is 3.40. The second-order valence-corrected chi connectivity index (χ2v) is 5.81. The first kappa shape index (κ1) is 17.3. The number of nitrogens with one attached hydrogen (secondary N) is 2. The van der Waals surface area contributed by atoms with Gasteiger partial charge in [0.05, 0.1) is 0 Å². The number of benzene rings is 2. The molecule has 0 bridgehead atoms. The maximum Gasteiger partial charge on any atom is 0.236 e. The van der Waals surface area contributed by atoms with E-state index in [1.165, 1.54) is 6.92 Å². The Morgan fingerprint density at radius 1 is 1.00 bits per heavy atom. The van der Waals surface area contributed by atoms with Gasteiger partial charge in [0, 0.05) is 23.9 Å². The van der Waals surface area contributed by atoms with E-state index >= 15 is 0 Å². The van der Waals surface area contributed by atoms with Crippen LogP contribution in [0.25, 0.3) is 11.4 Å². The Morgan fingerprint density at radius 2 is 1.65 bits per heavy atom. The average molecular weight is 350 g/mol. The monoisotopic (exact) mass is 350 g/mol. The topological polar surface area (TPSA) is 97.1 Å². The number of amides is 2. The molecule has 0 aliphatic rings. The summed E-state index contributed by atoms with van der Waals surface area (Å²) in [6.07, 6.45) is -0.0215. The standard InChI is InChI=1S/C19H18N4O3/c1-12-5-3-4-6-16(12)19-22-18(26-23-19)11-17(25)21-15-9-7-14(8-10-15)20-13(2)24/h3-10H,11H2,1-2H3,(H,20,24)(H,21,25). The molecule has 0 unspecified atom stereocenters. The Bertz CT molecular complexity index is 932. The summed E-state index contributed by atoms with van der Waals surface area (Å²) in [6, 6.07) is 14.5. The fraction of sp³-hybridized carbons (Fsp3) is 0.158. The van der Waals surface area contributed by atoms with Crippen molar-refractivity contribution in [3.63, 3.8) is 0 Å². The number of rotatable bonds is 5. The van der Waals surface area contributed by atoms with Crippen molar-refractivity contribution >= 4 is 23.2 Å². The lowest BCUT2D eigenvalue weighted by Crippen LogP contribution is -2.14. The molecule has 0 aliphatic heterocycles. The molecule has 0 saturated heterocycles. The molecule has 3 aromatic rings. The first-order valence-corrected chi connectivity index (χ1v) is 8.07. The van der Waals surface area contributed by atoms with Crippen LogP contribution >= 0.6 is 0 Å². The van der Waals surface area contributed by atoms with Gasteiger partial charge < -0.3 is 15.2 Å². The molecule has 7 nitrogen and oxygen atoms in total. The molecule has 0 spiro atoms. The summed E-state index contributed by atoms with van der Waals surface area (Å²) >= 11 is 0. The van der Waals surface area contributed by atoms with Gasteiger partial charge in [-0.05, 0) is 36.8 Å². The highest BCUT2D eigenvalue weighted by Gasteiger charge is 2.14. The number of anilines is 2. The first-order chi connectivity index (χ1) is 12.5. The second kappa shape index (κ2) is 7.60. The molecular formula is C19H18N4O3. The molecule has 0 fully saturated rings. The fourth-order valence-electron chi connectivity index (χ4n) is 2.44. The minimum atomic E-state index is -0.266. The van der Waals surface area contributed by atoms with Crippen LogP contribution in [0.3, 0.4) is 0 Å². The molecule has 2 aromatic carbocycles. The van der Waals surface area contributed by atoms with Crippen LogP contribution in [0.15, 0.2) is 53.1 Å². The van der Waals surface area contributed by atoms with E-state index in [4.69, 9.17) is 4.52 Å². The van der Waals surface area contributed by atoms with E-state index < -0.39 is 0 Å². The minimum absolute atomic E-state index is 0.0215. The molecule has 0 saturated carbocycles. The Kier molecular flexibility index (Phi) is 5.07. The van der Waals surface area contributed by atoms with Crippen LogP contribution in [-0.4, -0.2) is 22.0 Å². The summed E-state index contributed by atoms with van der Waals surface area (Å²) < 4.78 is 5.18. The predicted molar refractivity (Wildman–Crippen MR) is 97.6 cm³/mol. The van der Waals surface area contributed by atoms with E-state index in [1.807, 2.05) is 31.2 Å². The van der Waals surface area contributed by atoms with Crippen molar-refractivity contribution in [3.8, 4) is 11.4 Å². The molecule has 7 heteroatoms. The molecule has 0 atom stereocenters. The average Bonchev–Trinajstić information content (AvgIpc) is 3.04. The van der Waals surface area contributed by atoms with Crippen LogP contribution < -0.4 is 10.6 Å². The van der Waals surface area contributed by atoms with E-state index in [2.05, 4.69) is 20.8 Å². The molecule has 132 valence electrons. The van der Waals surface area contributed by atoms with E-state index in [-0.39, 0.29) is 24.1 Å². The van der Waals surface area contributed by atoms with Crippen molar-refractivity contribution in [1.82, 2.24) is 10.1 Å². The Hall–Kier alpha value is -3.48. The van der Waals surface area contributed by atoms with Crippen molar-refractivity contribution < 1.29 is 14.1 Å². The lowest BCUT2D eigenvalue weighted by atomic mass is 10.1. The third kappa shape index (κ3) is 4.32. The lowest BCUT2D eigenvalue weighted by molar-refractivity contribution is -0.116. The van der Waals surface area contributed by atoms with Crippen molar-refractivity contribution in [1.29, 1.82) is 0 Å². The third-order valence-corrected chi connectivity index (χ3v) is 3.65. The quantitative estimate of drug-likeness (QED) is 0.736. The first-order valence-electron chi connectivity index (χ1n) is 8.07. The van der Waals surface area contributed by atoms with Crippen LogP contribution in [0, 0.1) is 6.92 Å². The molecular weight excluding hydrogens is 332 g/mol. The molecule has 26 heavy (non-hydrogen) atoms. The molecule has 1 heterocycles. The zero-order valence-electron chi connectivity index (χ0n) is 14.4. The summed E-state index contributed by atoms with van der Waals surface area (Å²) in [7, 11) is 0. The smallest absolute Gasteiger partial charge is 0.236 e. The number of hydrogen-bond donors (Lipinski definition) is 2. The van der Waals surface area contributed by atoms with E-state index in [0.29, 0.717) is 17.2 Å². The summed E-state index contributed by atoms with van der Waals surface area (Å²) in [5, 5.41) is 9.36. The maximum atomic E-state index is 12.1. The van der Waals surface area contributed by atoms with E-state index in [9.17, 15) is 9.59 Å². The number of nitrogens with zero attached hydrogens (tertiary/aromatic N) is 2. The number of carbonyl (C=O) groups is 2. The van der Waals surface area contributed by atoms with Crippen LogP contribution in [0.4, 0.5) is 11.4 Å². The minimum Gasteiger partial charge on any atom is -0.338 e. The van der Waals surface area contributed by atoms with Crippen molar-refractivity contribution in [2.24, 2.45) is 0 Å². The normalized spacial score (nSPS) is 10.4. The van der Waals surface area contributed by atoms with Crippen LogP contribution in [-0.2, 0) is 16.0 Å². The largest absolute Gasteiger partial charge is 0.338 e. The highest BCUT2D eigenvalue weighted by molar-refractivity contribution is 5.93. The Balaban J connectivity index is 1.62.